The van der Waals surface area contributed by atoms with Crippen LogP contribution >= 0.6 is 28.3 Å². The molecule has 1 aromatic carbocycles. The van der Waals surface area contributed by atoms with Crippen LogP contribution in [0, 0.1) is 5.92 Å². The molecule has 0 aliphatic heterocycles. The van der Waals surface area contributed by atoms with Crippen molar-refractivity contribution in [2.45, 2.75) is 31.5 Å². The Bertz CT molecular complexity index is 418. The van der Waals surface area contributed by atoms with Crippen molar-refractivity contribution in [1.29, 1.82) is 0 Å². The van der Waals surface area contributed by atoms with Crippen LogP contribution in [-0.2, 0) is 6.18 Å². The van der Waals surface area contributed by atoms with Crippen LogP contribution in [0.5, 0.6) is 0 Å². The van der Waals surface area contributed by atoms with Gasteiger partial charge in [0, 0.05) is 10.5 Å². The zero-order valence-corrected chi connectivity index (χ0v) is 11.9. The third-order valence-electron chi connectivity index (χ3n) is 3.01. The van der Waals surface area contributed by atoms with E-state index in [1.54, 1.807) is 0 Å². The maximum atomic E-state index is 12.6. The molecule has 1 atom stereocenters. The molecule has 0 unspecified atom stereocenters. The lowest BCUT2D eigenvalue weighted by molar-refractivity contribution is -0.137. The summed E-state index contributed by atoms with van der Waals surface area (Å²) in [7, 11) is 0. The van der Waals surface area contributed by atoms with Gasteiger partial charge in [-0.3, -0.25) is 0 Å². The van der Waals surface area contributed by atoms with Crippen molar-refractivity contribution in [2.75, 3.05) is 0 Å². The lowest BCUT2D eigenvalue weighted by atomic mass is 10.00. The first-order chi connectivity index (χ1) is 7.88. The Morgan fingerprint density at radius 3 is 2.44 bits per heavy atom. The predicted molar refractivity (Wildman–Crippen MR) is 70.7 cm³/mol. The van der Waals surface area contributed by atoms with E-state index in [0.29, 0.717) is 16.0 Å². The van der Waals surface area contributed by atoms with E-state index in [0.717, 1.165) is 31.4 Å². The average Bonchev–Trinajstić information content (AvgIpc) is 3.00. The van der Waals surface area contributed by atoms with Gasteiger partial charge in [-0.2, -0.15) is 13.2 Å². The number of alkyl halides is 3. The summed E-state index contributed by atoms with van der Waals surface area (Å²) >= 11 is 3.26. The topological polar surface area (TPSA) is 26.0 Å². The van der Waals surface area contributed by atoms with Gasteiger partial charge in [-0.05, 0) is 36.1 Å². The second-order valence-corrected chi connectivity index (χ2v) is 5.37. The van der Waals surface area contributed by atoms with Crippen LogP contribution in [0.4, 0.5) is 13.2 Å². The number of nitrogens with two attached hydrogens (primary N) is 1. The molecule has 1 saturated carbocycles. The molecule has 1 nitrogen and oxygen atoms in total. The quantitative estimate of drug-likeness (QED) is 0.846. The Morgan fingerprint density at radius 2 is 1.94 bits per heavy atom. The molecule has 6 heteroatoms. The van der Waals surface area contributed by atoms with Gasteiger partial charge in [-0.15, -0.1) is 12.4 Å². The van der Waals surface area contributed by atoms with Crippen LogP contribution in [0.1, 0.15) is 36.4 Å². The molecule has 0 saturated heterocycles. The minimum Gasteiger partial charge on any atom is -0.324 e. The van der Waals surface area contributed by atoms with Gasteiger partial charge >= 0.3 is 6.18 Å². The molecule has 1 aliphatic carbocycles. The highest BCUT2D eigenvalue weighted by molar-refractivity contribution is 9.10. The maximum absolute atomic E-state index is 12.6. The fraction of sp³-hybridized carbons (Fsp3) is 0.500. The predicted octanol–water partition coefficient (Wildman–Crippen LogP) is 4.69. The van der Waals surface area contributed by atoms with Crippen molar-refractivity contribution in [1.82, 2.24) is 0 Å². The molecule has 102 valence electrons. The Morgan fingerprint density at radius 1 is 1.33 bits per heavy atom. The lowest BCUT2D eigenvalue weighted by Crippen LogP contribution is -2.14. The van der Waals surface area contributed by atoms with Crippen LogP contribution < -0.4 is 5.73 Å². The first kappa shape index (κ1) is 15.8. The largest absolute Gasteiger partial charge is 0.416 e. The van der Waals surface area contributed by atoms with Crippen molar-refractivity contribution >= 4 is 28.3 Å². The highest BCUT2D eigenvalue weighted by Crippen LogP contribution is 2.39. The van der Waals surface area contributed by atoms with E-state index in [9.17, 15) is 13.2 Å². The van der Waals surface area contributed by atoms with Crippen LogP contribution in [-0.4, -0.2) is 0 Å². The summed E-state index contributed by atoms with van der Waals surface area (Å²) in [5, 5.41) is 0. The van der Waals surface area contributed by atoms with Crippen LogP contribution in [0.3, 0.4) is 0 Å². The summed E-state index contributed by atoms with van der Waals surface area (Å²) in [6.45, 7) is 0. The highest BCUT2D eigenvalue weighted by atomic mass is 79.9. The van der Waals surface area contributed by atoms with Crippen LogP contribution in [0.2, 0.25) is 0 Å². The van der Waals surface area contributed by atoms with Crippen molar-refractivity contribution in [3.05, 3.63) is 33.8 Å². The van der Waals surface area contributed by atoms with E-state index in [1.165, 1.54) is 6.07 Å². The summed E-state index contributed by atoms with van der Waals surface area (Å²) in [5.74, 6) is 0.589. The zero-order valence-electron chi connectivity index (χ0n) is 9.51. The molecule has 1 aromatic rings. The Labute approximate surface area is 118 Å². The smallest absolute Gasteiger partial charge is 0.324 e. The number of halogens is 5. The highest BCUT2D eigenvalue weighted by Gasteiger charge is 2.32. The number of benzene rings is 1. The lowest BCUT2D eigenvalue weighted by Gasteiger charge is -2.16. The summed E-state index contributed by atoms with van der Waals surface area (Å²) < 4.78 is 38.4. The number of hydrogen-bond donors (Lipinski definition) is 1. The molecule has 0 radical (unpaired) electrons. The Kier molecular flexibility index (Phi) is 5.09. The molecule has 0 aromatic heterocycles. The summed E-state index contributed by atoms with van der Waals surface area (Å²) in [6, 6.07) is 3.32. The molecule has 0 amide bonds. The zero-order chi connectivity index (χ0) is 12.6. The van der Waals surface area contributed by atoms with Gasteiger partial charge in [0.05, 0.1) is 5.56 Å². The van der Waals surface area contributed by atoms with E-state index in [4.69, 9.17) is 5.73 Å². The molecule has 0 spiro atoms. The fourth-order valence-electron chi connectivity index (χ4n) is 1.84. The molecule has 0 bridgehead atoms. The number of hydrogen-bond acceptors (Lipinski definition) is 1. The third-order valence-corrected chi connectivity index (χ3v) is 3.73. The van der Waals surface area contributed by atoms with E-state index < -0.39 is 11.7 Å². The van der Waals surface area contributed by atoms with E-state index in [-0.39, 0.29) is 18.4 Å². The van der Waals surface area contributed by atoms with Gasteiger partial charge in [0.25, 0.3) is 0 Å². The van der Waals surface area contributed by atoms with Gasteiger partial charge in [0.1, 0.15) is 0 Å². The van der Waals surface area contributed by atoms with E-state index in [1.807, 2.05) is 0 Å². The van der Waals surface area contributed by atoms with E-state index in [2.05, 4.69) is 15.9 Å². The first-order valence-electron chi connectivity index (χ1n) is 5.50. The minimum absolute atomic E-state index is 0. The van der Waals surface area contributed by atoms with Gasteiger partial charge in [0.15, 0.2) is 0 Å². The molecule has 2 N–H and O–H groups in total. The average molecular weight is 345 g/mol. The van der Waals surface area contributed by atoms with Crippen LogP contribution in [0.15, 0.2) is 22.7 Å². The van der Waals surface area contributed by atoms with Crippen molar-refractivity contribution in [2.24, 2.45) is 11.7 Å². The monoisotopic (exact) mass is 343 g/mol. The molecule has 1 fully saturated rings. The minimum atomic E-state index is -4.31. The molecule has 18 heavy (non-hydrogen) atoms. The van der Waals surface area contributed by atoms with Gasteiger partial charge in [-0.25, -0.2) is 0 Å². The van der Waals surface area contributed by atoms with E-state index >= 15 is 0 Å². The second kappa shape index (κ2) is 5.80. The normalized spacial score (nSPS) is 17.2. The first-order valence-corrected chi connectivity index (χ1v) is 6.29. The van der Waals surface area contributed by atoms with Crippen molar-refractivity contribution < 1.29 is 13.2 Å². The molecule has 1 aliphatic rings. The number of rotatable bonds is 3. The Hall–Kier alpha value is -0.260. The van der Waals surface area contributed by atoms with Crippen molar-refractivity contribution in [3.63, 3.8) is 0 Å². The second-order valence-electron chi connectivity index (χ2n) is 4.52. The third kappa shape index (κ3) is 3.87. The van der Waals surface area contributed by atoms with Crippen molar-refractivity contribution in [3.8, 4) is 0 Å². The molecular formula is C12H14BrClF3N. The molecule has 0 heterocycles. The Balaban J connectivity index is 0.00000162. The fourth-order valence-corrected chi connectivity index (χ4v) is 2.38. The van der Waals surface area contributed by atoms with Gasteiger partial charge < -0.3 is 5.73 Å². The molecule has 2 rings (SSSR count). The van der Waals surface area contributed by atoms with Gasteiger partial charge in [-0.1, -0.05) is 28.8 Å². The van der Waals surface area contributed by atoms with Gasteiger partial charge in [0.2, 0.25) is 0 Å². The SMILES string of the molecule is Cl.N[C@H](CC1CC1)c1cc(C(F)(F)F)ccc1Br. The standard InChI is InChI=1S/C12H13BrF3N.ClH/c13-10-4-3-8(12(14,15)16)6-9(10)11(17)5-7-1-2-7;/h3-4,6-7,11H,1-2,5,17H2;1H/t11-;/m1./s1. The molecular weight excluding hydrogens is 330 g/mol. The summed E-state index contributed by atoms with van der Waals surface area (Å²) in [6.07, 6.45) is -1.26. The van der Waals surface area contributed by atoms with Crippen LogP contribution in [0.25, 0.3) is 0 Å². The summed E-state index contributed by atoms with van der Waals surface area (Å²) in [5.41, 5.74) is 5.86. The maximum Gasteiger partial charge on any atom is 0.416 e. The summed E-state index contributed by atoms with van der Waals surface area (Å²) in [4.78, 5) is 0.